The lowest BCUT2D eigenvalue weighted by Gasteiger charge is -2.50. The number of phenols is 1. The number of hydrogen-bond donors (Lipinski definition) is 4. The highest BCUT2D eigenvalue weighted by Gasteiger charge is 2.64. The molecule has 0 amide bonds. The van der Waals surface area contributed by atoms with Crippen LogP contribution in [0.3, 0.4) is 0 Å². The quantitative estimate of drug-likeness (QED) is 0.487. The number of carbonyl (C=O) groups excluding carboxylic acids is 3. The van der Waals surface area contributed by atoms with Crippen LogP contribution in [0.5, 0.6) is 5.75 Å². The molecule has 9 nitrogen and oxygen atoms in total. The molecule has 1 aromatic carbocycles. The van der Waals surface area contributed by atoms with Crippen molar-refractivity contribution in [2.24, 2.45) is 11.8 Å². The normalized spacial score (nSPS) is 28.2. The Morgan fingerprint density at radius 3 is 2.46 bits per heavy atom. The van der Waals surface area contributed by atoms with Crippen molar-refractivity contribution in [3.05, 3.63) is 58.8 Å². The molecule has 2 aromatic rings. The third kappa shape index (κ3) is 2.98. The Morgan fingerprint density at radius 1 is 1.14 bits per heavy atom. The molecule has 4 atom stereocenters. The van der Waals surface area contributed by atoms with Gasteiger partial charge in [-0.05, 0) is 63.0 Å². The molecule has 1 saturated carbocycles. The Hall–Kier alpha value is -3.69. The first-order valence-corrected chi connectivity index (χ1v) is 11.2. The fraction of sp³-hybridized carbons (Fsp3) is 0.346. The van der Waals surface area contributed by atoms with Crippen LogP contribution in [0.4, 0.5) is 0 Å². The first-order chi connectivity index (χ1) is 16.5. The molecule has 4 N–H and O–H groups in total. The van der Waals surface area contributed by atoms with E-state index in [1.54, 1.807) is 26.2 Å². The van der Waals surface area contributed by atoms with Gasteiger partial charge in [0.05, 0.1) is 24.1 Å². The van der Waals surface area contributed by atoms with E-state index in [0.717, 1.165) is 12.5 Å². The van der Waals surface area contributed by atoms with Crippen LogP contribution >= 0.6 is 0 Å². The number of ketones is 3. The summed E-state index contributed by atoms with van der Waals surface area (Å²) in [7, 11) is 3.20. The van der Waals surface area contributed by atoms with Gasteiger partial charge in [0, 0.05) is 17.1 Å². The minimum Gasteiger partial charge on any atom is -0.508 e. The largest absolute Gasteiger partial charge is 0.508 e. The molecule has 9 heteroatoms. The topological polar surface area (TPSA) is 149 Å². The molecule has 0 spiro atoms. The monoisotopic (exact) mass is 479 g/mol. The fourth-order valence-electron chi connectivity index (χ4n) is 6.03. The highest BCUT2D eigenvalue weighted by atomic mass is 16.3. The van der Waals surface area contributed by atoms with Crippen molar-refractivity contribution < 1.29 is 39.2 Å². The van der Waals surface area contributed by atoms with Gasteiger partial charge in [0.2, 0.25) is 5.78 Å². The smallest absolute Gasteiger partial charge is 0.202 e. The van der Waals surface area contributed by atoms with Crippen LogP contribution in [0.1, 0.15) is 24.5 Å². The van der Waals surface area contributed by atoms with Crippen LogP contribution in [-0.2, 0) is 20.8 Å². The van der Waals surface area contributed by atoms with Crippen LogP contribution in [0, 0.1) is 11.8 Å². The van der Waals surface area contributed by atoms with Crippen molar-refractivity contribution in [2.75, 3.05) is 14.1 Å². The van der Waals surface area contributed by atoms with Crippen molar-refractivity contribution in [3.8, 4) is 16.9 Å². The number of Topliss-reactive ketones (excluding diaryl/α,β-unsaturated/α-hetero) is 3. The van der Waals surface area contributed by atoms with Crippen LogP contribution in [0.25, 0.3) is 16.9 Å². The SMILES string of the molecule is CC(=O)C1=C(O)C2(O)C(=O)C3=C(O)c4c(O)ccc(-c5ccoc5)c4CC3CC2C(N(C)C)C1=O. The van der Waals surface area contributed by atoms with Crippen molar-refractivity contribution >= 4 is 23.1 Å². The number of benzene rings is 1. The summed E-state index contributed by atoms with van der Waals surface area (Å²) >= 11 is 0. The average Bonchev–Trinajstić information content (AvgIpc) is 3.30. The van der Waals surface area contributed by atoms with E-state index >= 15 is 0 Å². The van der Waals surface area contributed by atoms with E-state index in [4.69, 9.17) is 4.42 Å². The van der Waals surface area contributed by atoms with Crippen LogP contribution in [0.15, 0.2) is 52.0 Å². The number of rotatable bonds is 3. The predicted octanol–water partition coefficient (Wildman–Crippen LogP) is 2.33. The molecule has 35 heavy (non-hydrogen) atoms. The first-order valence-electron chi connectivity index (χ1n) is 11.2. The molecule has 1 aromatic heterocycles. The molecule has 3 aliphatic rings. The zero-order valence-corrected chi connectivity index (χ0v) is 19.4. The number of aliphatic hydroxyl groups excluding tert-OH is 2. The lowest BCUT2D eigenvalue weighted by molar-refractivity contribution is -0.153. The van der Waals surface area contributed by atoms with E-state index < -0.39 is 57.9 Å². The minimum atomic E-state index is -2.57. The zero-order chi connectivity index (χ0) is 25.4. The summed E-state index contributed by atoms with van der Waals surface area (Å²) in [6.07, 6.45) is 3.34. The molecule has 1 fully saturated rings. The van der Waals surface area contributed by atoms with Crippen LogP contribution in [0.2, 0.25) is 0 Å². The predicted molar refractivity (Wildman–Crippen MR) is 123 cm³/mol. The van der Waals surface area contributed by atoms with Crippen molar-refractivity contribution in [2.45, 2.75) is 31.4 Å². The Kier molecular flexibility index (Phi) is 5.05. The molecule has 0 saturated heterocycles. The maximum Gasteiger partial charge on any atom is 0.202 e. The molecule has 0 bridgehead atoms. The number of nitrogens with zero attached hydrogens (tertiary/aromatic N) is 1. The van der Waals surface area contributed by atoms with Gasteiger partial charge in [0.1, 0.15) is 22.8 Å². The third-order valence-electron chi connectivity index (χ3n) is 7.54. The third-order valence-corrected chi connectivity index (χ3v) is 7.54. The number of furan rings is 1. The Labute approximate surface area is 200 Å². The molecule has 4 unspecified atom stereocenters. The Bertz CT molecular complexity index is 1350. The van der Waals surface area contributed by atoms with Gasteiger partial charge in [0.25, 0.3) is 0 Å². The molecule has 3 aliphatic carbocycles. The van der Waals surface area contributed by atoms with E-state index in [0.29, 0.717) is 11.1 Å². The number of carbonyl (C=O) groups is 3. The molecule has 0 aliphatic heterocycles. The highest BCUT2D eigenvalue weighted by Crippen LogP contribution is 2.53. The van der Waals surface area contributed by atoms with E-state index in [-0.39, 0.29) is 29.7 Å². The summed E-state index contributed by atoms with van der Waals surface area (Å²) in [6, 6.07) is 3.79. The van der Waals surface area contributed by atoms with Crippen LogP contribution in [-0.4, -0.2) is 68.4 Å². The Morgan fingerprint density at radius 2 is 1.86 bits per heavy atom. The molecular formula is C26H25NO8. The zero-order valence-electron chi connectivity index (χ0n) is 19.4. The Balaban J connectivity index is 1.75. The number of phenolic OH excluding ortho intramolecular Hbond substituents is 1. The van der Waals surface area contributed by atoms with Gasteiger partial charge >= 0.3 is 0 Å². The second-order valence-corrected chi connectivity index (χ2v) is 9.65. The van der Waals surface area contributed by atoms with Crippen molar-refractivity contribution in [1.82, 2.24) is 4.90 Å². The maximum absolute atomic E-state index is 13.8. The second kappa shape index (κ2) is 7.66. The maximum atomic E-state index is 13.8. The summed E-state index contributed by atoms with van der Waals surface area (Å²) < 4.78 is 5.19. The fourth-order valence-corrected chi connectivity index (χ4v) is 6.03. The molecular weight excluding hydrogens is 454 g/mol. The van der Waals surface area contributed by atoms with Gasteiger partial charge < -0.3 is 24.8 Å². The second-order valence-electron chi connectivity index (χ2n) is 9.65. The average molecular weight is 479 g/mol. The summed E-state index contributed by atoms with van der Waals surface area (Å²) in [4.78, 5) is 40.8. The number of aromatic hydroxyl groups is 1. The molecule has 182 valence electrons. The molecule has 0 radical (unpaired) electrons. The van der Waals surface area contributed by atoms with Gasteiger partial charge in [-0.1, -0.05) is 6.07 Å². The lowest BCUT2D eigenvalue weighted by Crippen LogP contribution is -2.65. The van der Waals surface area contributed by atoms with Gasteiger partial charge in [-0.25, -0.2) is 0 Å². The van der Waals surface area contributed by atoms with Gasteiger partial charge in [0.15, 0.2) is 17.2 Å². The first kappa shape index (κ1) is 23.1. The van der Waals surface area contributed by atoms with E-state index in [2.05, 4.69) is 0 Å². The minimum absolute atomic E-state index is 0.0663. The van der Waals surface area contributed by atoms with Gasteiger partial charge in [-0.3, -0.25) is 19.3 Å². The highest BCUT2D eigenvalue weighted by molar-refractivity contribution is 6.25. The van der Waals surface area contributed by atoms with E-state index in [9.17, 15) is 34.8 Å². The van der Waals surface area contributed by atoms with E-state index in [1.165, 1.54) is 23.5 Å². The van der Waals surface area contributed by atoms with E-state index in [1.807, 2.05) is 0 Å². The summed E-state index contributed by atoms with van der Waals surface area (Å²) in [5.41, 5.74) is -1.23. The van der Waals surface area contributed by atoms with Crippen molar-refractivity contribution in [3.63, 3.8) is 0 Å². The number of hydrogen-bond acceptors (Lipinski definition) is 9. The lowest BCUT2D eigenvalue weighted by atomic mass is 9.57. The molecule has 5 rings (SSSR count). The molecule has 1 heterocycles. The number of likely N-dealkylation sites (N-methyl/N-ethyl adjacent to an activating group) is 1. The van der Waals surface area contributed by atoms with Gasteiger partial charge in [-0.2, -0.15) is 0 Å². The summed E-state index contributed by atoms with van der Waals surface area (Å²) in [5, 5.41) is 44.4. The van der Waals surface area contributed by atoms with Gasteiger partial charge in [-0.15, -0.1) is 0 Å². The summed E-state index contributed by atoms with van der Waals surface area (Å²) in [5.74, 6) is -5.79. The van der Waals surface area contributed by atoms with Crippen molar-refractivity contribution in [1.29, 1.82) is 0 Å². The summed E-state index contributed by atoms with van der Waals surface area (Å²) in [6.45, 7) is 1.08. The number of fused-ring (bicyclic) bond motifs is 3. The standard InChI is InChI=1S/C26H25NO8/c1-11(28)18-23(31)21(27(2)3)16-9-13-8-15-14(12-6-7-35-10-12)4-5-17(29)20(15)22(30)19(13)25(33)26(16,34)24(18)32/h4-7,10,13,16,21,29-30,32,34H,8-9H2,1-3H3. The number of aliphatic hydroxyl groups is 3. The van der Waals surface area contributed by atoms with Crippen LogP contribution < -0.4 is 0 Å².